The van der Waals surface area contributed by atoms with E-state index in [2.05, 4.69) is 62.9 Å². The first-order chi connectivity index (χ1) is 13.7. The molecule has 28 heavy (non-hydrogen) atoms. The minimum atomic E-state index is 0.649. The third kappa shape index (κ3) is 10.6. The highest BCUT2D eigenvalue weighted by atomic mass is 15.1. The summed E-state index contributed by atoms with van der Waals surface area (Å²) in [6.07, 6.45) is 18.4. The summed E-state index contributed by atoms with van der Waals surface area (Å²) in [6.45, 7) is 12.9. The quantitative estimate of drug-likeness (QED) is 0.228. The molecule has 0 saturated heterocycles. The van der Waals surface area contributed by atoms with Gasteiger partial charge in [0.05, 0.1) is 0 Å². The van der Waals surface area contributed by atoms with Crippen molar-refractivity contribution in [3.63, 3.8) is 0 Å². The van der Waals surface area contributed by atoms with Crippen molar-refractivity contribution in [3.8, 4) is 0 Å². The molecule has 0 aromatic heterocycles. The average Bonchev–Trinajstić information content (AvgIpc) is 2.74. The number of hydrogen-bond acceptors (Lipinski definition) is 1. The first-order valence-corrected chi connectivity index (χ1v) is 12.5. The van der Waals surface area contributed by atoms with E-state index in [0.29, 0.717) is 5.41 Å². The molecule has 162 valence electrons. The second-order valence-electron chi connectivity index (χ2n) is 8.98. The van der Waals surface area contributed by atoms with Crippen LogP contribution in [0.3, 0.4) is 0 Å². The van der Waals surface area contributed by atoms with Gasteiger partial charge in [-0.25, -0.2) is 0 Å². The van der Waals surface area contributed by atoms with Crippen LogP contribution in [0.25, 0.3) is 0 Å². The molecule has 1 rings (SSSR count). The average molecular weight is 388 g/mol. The topological polar surface area (TPSA) is 3.24 Å². The summed E-state index contributed by atoms with van der Waals surface area (Å²) in [5.74, 6) is 0. The predicted molar refractivity (Wildman–Crippen MR) is 127 cm³/mol. The molecule has 1 heteroatoms. The van der Waals surface area contributed by atoms with Crippen LogP contribution < -0.4 is 0 Å². The van der Waals surface area contributed by atoms with E-state index >= 15 is 0 Å². The Hall–Kier alpha value is -0.820. The van der Waals surface area contributed by atoms with Crippen LogP contribution in [0, 0.1) is 5.41 Å². The van der Waals surface area contributed by atoms with Gasteiger partial charge in [0, 0.05) is 6.54 Å². The third-order valence-corrected chi connectivity index (χ3v) is 6.56. The number of unbranched alkanes of at least 4 members (excludes halogenated alkanes) is 5. The molecule has 0 atom stereocenters. The fourth-order valence-corrected chi connectivity index (χ4v) is 4.61. The summed E-state index contributed by atoms with van der Waals surface area (Å²) in [4.78, 5) is 2.60. The van der Waals surface area contributed by atoms with Crippen LogP contribution in [0.4, 0.5) is 0 Å². The Labute approximate surface area is 177 Å². The van der Waals surface area contributed by atoms with Crippen molar-refractivity contribution in [2.75, 3.05) is 13.1 Å². The second kappa shape index (κ2) is 16.0. The highest BCUT2D eigenvalue weighted by Crippen LogP contribution is 2.41. The molecule has 0 N–H and O–H groups in total. The van der Waals surface area contributed by atoms with Gasteiger partial charge in [-0.1, -0.05) is 109 Å². The summed E-state index contributed by atoms with van der Waals surface area (Å²) in [7, 11) is 0. The molecule has 1 nitrogen and oxygen atoms in total. The van der Waals surface area contributed by atoms with Crippen LogP contribution in [-0.4, -0.2) is 18.0 Å². The van der Waals surface area contributed by atoms with Crippen LogP contribution in [-0.2, 0) is 6.54 Å². The zero-order valence-electron chi connectivity index (χ0n) is 19.6. The molecule has 0 amide bonds. The van der Waals surface area contributed by atoms with Gasteiger partial charge in [0.25, 0.3) is 0 Å². The molecular formula is C27H49N. The van der Waals surface area contributed by atoms with Gasteiger partial charge in [-0.2, -0.15) is 0 Å². The first kappa shape index (κ1) is 25.2. The Morgan fingerprint density at radius 1 is 0.643 bits per heavy atom. The predicted octanol–water partition coefficient (Wildman–Crippen LogP) is 8.63. The summed E-state index contributed by atoms with van der Waals surface area (Å²) in [6, 6.07) is 10.9. The van der Waals surface area contributed by atoms with Gasteiger partial charge in [0.1, 0.15) is 0 Å². The van der Waals surface area contributed by atoms with Crippen LogP contribution in [0.1, 0.15) is 117 Å². The van der Waals surface area contributed by atoms with Gasteiger partial charge in [0.2, 0.25) is 0 Å². The van der Waals surface area contributed by atoms with E-state index in [1.54, 1.807) is 0 Å². The molecule has 0 aliphatic heterocycles. The summed E-state index contributed by atoms with van der Waals surface area (Å²) >= 11 is 0. The molecule has 0 radical (unpaired) electrons. The van der Waals surface area contributed by atoms with Gasteiger partial charge in [-0.3, -0.25) is 4.90 Å². The van der Waals surface area contributed by atoms with Crippen molar-refractivity contribution in [2.24, 2.45) is 5.41 Å². The lowest BCUT2D eigenvalue weighted by Crippen LogP contribution is -2.24. The molecule has 1 aromatic rings. The maximum Gasteiger partial charge on any atom is 0.0233 e. The smallest absolute Gasteiger partial charge is 0.0233 e. The van der Waals surface area contributed by atoms with Crippen LogP contribution >= 0.6 is 0 Å². The van der Waals surface area contributed by atoms with Crippen molar-refractivity contribution in [2.45, 2.75) is 118 Å². The van der Waals surface area contributed by atoms with E-state index in [1.165, 1.54) is 95.6 Å². The van der Waals surface area contributed by atoms with E-state index in [1.807, 2.05) is 0 Å². The minimum Gasteiger partial charge on any atom is -0.299 e. The summed E-state index contributed by atoms with van der Waals surface area (Å²) in [5, 5.41) is 0. The molecular weight excluding hydrogens is 338 g/mol. The van der Waals surface area contributed by atoms with Gasteiger partial charge in [-0.05, 0) is 56.2 Å². The van der Waals surface area contributed by atoms with Crippen molar-refractivity contribution in [3.05, 3.63) is 35.9 Å². The Kier molecular flexibility index (Phi) is 14.4. The van der Waals surface area contributed by atoms with Gasteiger partial charge in [0.15, 0.2) is 0 Å². The SMILES string of the molecule is CCCCC(CCCC)(CCCC)CCCCCN(CC)Cc1ccccc1. The lowest BCUT2D eigenvalue weighted by molar-refractivity contribution is 0.174. The highest BCUT2D eigenvalue weighted by Gasteiger charge is 2.27. The van der Waals surface area contributed by atoms with Gasteiger partial charge in [-0.15, -0.1) is 0 Å². The Balaban J connectivity index is 2.43. The first-order valence-electron chi connectivity index (χ1n) is 12.5. The molecule has 1 aromatic carbocycles. The van der Waals surface area contributed by atoms with E-state index in [9.17, 15) is 0 Å². The van der Waals surface area contributed by atoms with Crippen LogP contribution in [0.2, 0.25) is 0 Å². The highest BCUT2D eigenvalue weighted by molar-refractivity contribution is 5.14. The van der Waals surface area contributed by atoms with E-state index in [-0.39, 0.29) is 0 Å². The molecule has 0 spiro atoms. The molecule has 0 aliphatic carbocycles. The Morgan fingerprint density at radius 2 is 1.18 bits per heavy atom. The zero-order valence-corrected chi connectivity index (χ0v) is 19.6. The fraction of sp³-hybridized carbons (Fsp3) is 0.778. The minimum absolute atomic E-state index is 0.649. The molecule has 0 unspecified atom stereocenters. The Bertz CT molecular complexity index is 431. The van der Waals surface area contributed by atoms with Crippen molar-refractivity contribution in [1.82, 2.24) is 4.90 Å². The molecule has 0 bridgehead atoms. The second-order valence-corrected chi connectivity index (χ2v) is 8.98. The van der Waals surface area contributed by atoms with Crippen molar-refractivity contribution in [1.29, 1.82) is 0 Å². The normalized spacial score (nSPS) is 12.0. The van der Waals surface area contributed by atoms with Crippen molar-refractivity contribution >= 4 is 0 Å². The zero-order chi connectivity index (χ0) is 20.5. The van der Waals surface area contributed by atoms with Crippen molar-refractivity contribution < 1.29 is 0 Å². The monoisotopic (exact) mass is 387 g/mol. The molecule has 0 fully saturated rings. The fourth-order valence-electron chi connectivity index (χ4n) is 4.61. The number of hydrogen-bond donors (Lipinski definition) is 0. The largest absolute Gasteiger partial charge is 0.299 e. The maximum atomic E-state index is 2.60. The van der Waals surface area contributed by atoms with E-state index in [4.69, 9.17) is 0 Å². The summed E-state index contributed by atoms with van der Waals surface area (Å²) in [5.41, 5.74) is 2.10. The lowest BCUT2D eigenvalue weighted by Gasteiger charge is -2.35. The number of benzene rings is 1. The standard InChI is InChI=1S/C27H49N/c1-5-9-20-27(21-10-6-2,22-11-7-3)23-16-13-17-24-28(8-4)25-26-18-14-12-15-19-26/h12,14-15,18-19H,5-11,13,16-17,20-25H2,1-4H3. The van der Waals surface area contributed by atoms with E-state index in [0.717, 1.165) is 13.1 Å². The van der Waals surface area contributed by atoms with Crippen LogP contribution in [0.5, 0.6) is 0 Å². The molecule has 0 saturated carbocycles. The van der Waals surface area contributed by atoms with E-state index < -0.39 is 0 Å². The maximum absolute atomic E-state index is 2.60. The number of nitrogens with zero attached hydrogens (tertiary/aromatic N) is 1. The molecule has 0 aliphatic rings. The third-order valence-electron chi connectivity index (χ3n) is 6.56. The molecule has 0 heterocycles. The van der Waals surface area contributed by atoms with Crippen LogP contribution in [0.15, 0.2) is 30.3 Å². The summed E-state index contributed by atoms with van der Waals surface area (Å²) < 4.78 is 0. The van der Waals surface area contributed by atoms with Gasteiger partial charge < -0.3 is 0 Å². The number of rotatable bonds is 18. The van der Waals surface area contributed by atoms with Gasteiger partial charge >= 0.3 is 0 Å². The lowest BCUT2D eigenvalue weighted by atomic mass is 9.71. The Morgan fingerprint density at radius 3 is 1.68 bits per heavy atom.